The zero-order valence-corrected chi connectivity index (χ0v) is 12.3. The normalized spacial score (nSPS) is 23.1. The Balaban J connectivity index is 2.40. The van der Waals surface area contributed by atoms with Crippen LogP contribution in [0.3, 0.4) is 0 Å². The van der Waals surface area contributed by atoms with Gasteiger partial charge in [0.1, 0.15) is 0 Å². The molecule has 0 aromatic heterocycles. The second kappa shape index (κ2) is 7.74. The van der Waals surface area contributed by atoms with Crippen molar-refractivity contribution in [1.29, 1.82) is 0 Å². The van der Waals surface area contributed by atoms with Gasteiger partial charge in [-0.2, -0.15) is 0 Å². The maximum absolute atomic E-state index is 11.8. The van der Waals surface area contributed by atoms with Gasteiger partial charge in [-0.15, -0.1) is 0 Å². The van der Waals surface area contributed by atoms with Gasteiger partial charge in [0.2, 0.25) is 5.91 Å². The third-order valence-electron chi connectivity index (χ3n) is 3.56. The standard InChI is InChI=1S/C14H29N3O/c1-10(2)8-13(14(18)15-4)17-11(3)9-12-6-5-7-16-12/h10-13,16-17H,5-9H2,1-4H3,(H,15,18). The van der Waals surface area contributed by atoms with E-state index in [0.717, 1.165) is 19.4 Å². The Morgan fingerprint density at radius 3 is 2.61 bits per heavy atom. The van der Waals surface area contributed by atoms with Crippen molar-refractivity contribution < 1.29 is 4.79 Å². The van der Waals surface area contributed by atoms with E-state index in [9.17, 15) is 4.79 Å². The van der Waals surface area contributed by atoms with Crippen LogP contribution in [0.25, 0.3) is 0 Å². The van der Waals surface area contributed by atoms with Crippen molar-refractivity contribution >= 4 is 5.91 Å². The summed E-state index contributed by atoms with van der Waals surface area (Å²) in [5.41, 5.74) is 0. The molecule has 3 unspecified atom stereocenters. The molecular formula is C14H29N3O. The Bertz CT molecular complexity index is 249. The summed E-state index contributed by atoms with van der Waals surface area (Å²) in [5, 5.41) is 9.73. The molecule has 0 spiro atoms. The molecule has 0 radical (unpaired) electrons. The summed E-state index contributed by atoms with van der Waals surface area (Å²) >= 11 is 0. The molecule has 0 aromatic carbocycles. The first-order valence-corrected chi connectivity index (χ1v) is 7.24. The van der Waals surface area contributed by atoms with Crippen LogP contribution in [0.4, 0.5) is 0 Å². The van der Waals surface area contributed by atoms with E-state index < -0.39 is 0 Å². The molecule has 1 fully saturated rings. The molecule has 0 saturated carbocycles. The monoisotopic (exact) mass is 255 g/mol. The smallest absolute Gasteiger partial charge is 0.236 e. The summed E-state index contributed by atoms with van der Waals surface area (Å²) in [6.07, 6.45) is 4.54. The second-order valence-corrected chi connectivity index (χ2v) is 5.89. The largest absolute Gasteiger partial charge is 0.358 e. The number of nitrogens with one attached hydrogen (secondary N) is 3. The zero-order chi connectivity index (χ0) is 13.5. The van der Waals surface area contributed by atoms with Gasteiger partial charge in [0.25, 0.3) is 0 Å². The van der Waals surface area contributed by atoms with Crippen molar-refractivity contribution in [3.63, 3.8) is 0 Å². The molecule has 4 heteroatoms. The maximum atomic E-state index is 11.8. The first-order chi connectivity index (χ1) is 8.52. The fraction of sp³-hybridized carbons (Fsp3) is 0.929. The fourth-order valence-corrected chi connectivity index (χ4v) is 2.69. The van der Waals surface area contributed by atoms with Crippen LogP contribution in [0.2, 0.25) is 0 Å². The minimum absolute atomic E-state index is 0.0635. The molecular weight excluding hydrogens is 226 g/mol. The highest BCUT2D eigenvalue weighted by Gasteiger charge is 2.23. The van der Waals surface area contributed by atoms with Gasteiger partial charge >= 0.3 is 0 Å². The molecule has 1 rings (SSSR count). The lowest BCUT2D eigenvalue weighted by molar-refractivity contribution is -0.123. The van der Waals surface area contributed by atoms with Gasteiger partial charge in [0.05, 0.1) is 6.04 Å². The minimum atomic E-state index is -0.0635. The Labute approximate surface area is 111 Å². The van der Waals surface area contributed by atoms with E-state index >= 15 is 0 Å². The zero-order valence-electron chi connectivity index (χ0n) is 12.3. The number of rotatable bonds is 7. The van der Waals surface area contributed by atoms with E-state index in [1.165, 1.54) is 12.8 Å². The van der Waals surface area contributed by atoms with E-state index in [-0.39, 0.29) is 11.9 Å². The molecule has 1 aliphatic heterocycles. The van der Waals surface area contributed by atoms with Crippen molar-refractivity contribution in [3.05, 3.63) is 0 Å². The van der Waals surface area contributed by atoms with Crippen molar-refractivity contribution in [3.8, 4) is 0 Å². The molecule has 0 aromatic rings. The van der Waals surface area contributed by atoms with Crippen molar-refractivity contribution in [2.24, 2.45) is 5.92 Å². The summed E-state index contributed by atoms with van der Waals surface area (Å²) in [5.74, 6) is 0.631. The molecule has 106 valence electrons. The summed E-state index contributed by atoms with van der Waals surface area (Å²) < 4.78 is 0. The average molecular weight is 255 g/mol. The third kappa shape index (κ3) is 5.36. The lowest BCUT2D eigenvalue weighted by Gasteiger charge is -2.25. The van der Waals surface area contributed by atoms with Crippen LogP contribution >= 0.6 is 0 Å². The molecule has 18 heavy (non-hydrogen) atoms. The number of amides is 1. The number of hydrogen-bond donors (Lipinski definition) is 3. The van der Waals surface area contributed by atoms with Gasteiger partial charge in [0, 0.05) is 19.1 Å². The summed E-state index contributed by atoms with van der Waals surface area (Å²) in [4.78, 5) is 11.8. The highest BCUT2D eigenvalue weighted by Crippen LogP contribution is 2.12. The van der Waals surface area contributed by atoms with Crippen LogP contribution in [0.1, 0.15) is 46.5 Å². The number of likely N-dealkylation sites (N-methyl/N-ethyl adjacent to an activating group) is 1. The number of hydrogen-bond acceptors (Lipinski definition) is 3. The van der Waals surface area contributed by atoms with E-state index in [1.54, 1.807) is 7.05 Å². The molecule has 4 nitrogen and oxygen atoms in total. The fourth-order valence-electron chi connectivity index (χ4n) is 2.69. The van der Waals surface area contributed by atoms with Crippen LogP contribution in [-0.4, -0.2) is 37.6 Å². The second-order valence-electron chi connectivity index (χ2n) is 5.89. The van der Waals surface area contributed by atoms with Crippen LogP contribution in [0.5, 0.6) is 0 Å². The van der Waals surface area contributed by atoms with Gasteiger partial charge in [0.15, 0.2) is 0 Å². The van der Waals surface area contributed by atoms with Crippen LogP contribution in [0, 0.1) is 5.92 Å². The average Bonchev–Trinajstić information content (AvgIpc) is 2.79. The number of carbonyl (C=O) groups is 1. The molecule has 3 N–H and O–H groups in total. The lowest BCUT2D eigenvalue weighted by Crippen LogP contribution is -2.48. The van der Waals surface area contributed by atoms with E-state index in [0.29, 0.717) is 18.0 Å². The topological polar surface area (TPSA) is 53.2 Å². The van der Waals surface area contributed by atoms with Crippen molar-refractivity contribution in [1.82, 2.24) is 16.0 Å². The number of carbonyl (C=O) groups excluding carboxylic acids is 1. The molecule has 1 amide bonds. The summed E-state index contributed by atoms with van der Waals surface area (Å²) in [6, 6.07) is 0.935. The predicted octanol–water partition coefficient (Wildman–Crippen LogP) is 1.27. The van der Waals surface area contributed by atoms with E-state index in [2.05, 4.69) is 36.7 Å². The molecule has 0 bridgehead atoms. The maximum Gasteiger partial charge on any atom is 0.236 e. The van der Waals surface area contributed by atoms with Crippen LogP contribution in [0.15, 0.2) is 0 Å². The third-order valence-corrected chi connectivity index (χ3v) is 3.56. The highest BCUT2D eigenvalue weighted by molar-refractivity contribution is 5.81. The Morgan fingerprint density at radius 1 is 1.39 bits per heavy atom. The van der Waals surface area contributed by atoms with Gasteiger partial charge in [-0.05, 0) is 45.1 Å². The van der Waals surface area contributed by atoms with E-state index in [4.69, 9.17) is 0 Å². The van der Waals surface area contributed by atoms with Crippen molar-refractivity contribution in [2.45, 2.75) is 64.6 Å². The Morgan fingerprint density at radius 2 is 2.11 bits per heavy atom. The predicted molar refractivity (Wildman–Crippen MR) is 75.5 cm³/mol. The Hall–Kier alpha value is -0.610. The van der Waals surface area contributed by atoms with Crippen molar-refractivity contribution in [2.75, 3.05) is 13.6 Å². The molecule has 1 heterocycles. The Kier molecular flexibility index (Phi) is 6.65. The van der Waals surface area contributed by atoms with E-state index in [1.807, 2.05) is 0 Å². The highest BCUT2D eigenvalue weighted by atomic mass is 16.2. The lowest BCUT2D eigenvalue weighted by atomic mass is 10.0. The quantitative estimate of drug-likeness (QED) is 0.642. The van der Waals surface area contributed by atoms with Gasteiger partial charge in [-0.3, -0.25) is 4.79 Å². The first kappa shape index (κ1) is 15.4. The van der Waals surface area contributed by atoms with Gasteiger partial charge < -0.3 is 16.0 Å². The van der Waals surface area contributed by atoms with Gasteiger partial charge in [-0.25, -0.2) is 0 Å². The van der Waals surface area contributed by atoms with Crippen LogP contribution in [-0.2, 0) is 4.79 Å². The SMILES string of the molecule is CNC(=O)C(CC(C)C)NC(C)CC1CCCN1. The van der Waals surface area contributed by atoms with Gasteiger partial charge in [-0.1, -0.05) is 13.8 Å². The molecule has 1 saturated heterocycles. The molecule has 0 aliphatic carbocycles. The summed E-state index contributed by atoms with van der Waals surface area (Å²) in [7, 11) is 1.71. The molecule has 1 aliphatic rings. The van der Waals surface area contributed by atoms with Crippen LogP contribution < -0.4 is 16.0 Å². The minimum Gasteiger partial charge on any atom is -0.358 e. The first-order valence-electron chi connectivity index (χ1n) is 7.24. The summed E-state index contributed by atoms with van der Waals surface area (Å²) in [6.45, 7) is 7.63. The molecule has 3 atom stereocenters.